The number of carbonyl (C=O) groups excluding carboxylic acids is 1. The molecule has 186 valence electrons. The lowest BCUT2D eigenvalue weighted by molar-refractivity contribution is -0.120. The first-order valence-corrected chi connectivity index (χ1v) is 12.8. The fourth-order valence-electron chi connectivity index (χ4n) is 3.72. The van der Waals surface area contributed by atoms with Crippen molar-refractivity contribution in [2.24, 2.45) is 0 Å². The van der Waals surface area contributed by atoms with Crippen LogP contribution in [-0.2, 0) is 14.8 Å². The van der Waals surface area contributed by atoms with E-state index in [1.165, 1.54) is 0 Å². The van der Waals surface area contributed by atoms with Crippen molar-refractivity contribution in [2.45, 2.75) is 38.1 Å². The number of carbonyl (C=O) groups is 1. The molecule has 0 saturated heterocycles. The van der Waals surface area contributed by atoms with Crippen molar-refractivity contribution in [1.82, 2.24) is 5.32 Å². The molecule has 3 rings (SSSR count). The van der Waals surface area contributed by atoms with Gasteiger partial charge < -0.3 is 14.8 Å². The maximum absolute atomic E-state index is 13.6. The van der Waals surface area contributed by atoms with Crippen LogP contribution in [0, 0.1) is 13.8 Å². The Morgan fingerprint density at radius 1 is 0.886 bits per heavy atom. The molecule has 0 fully saturated rings. The monoisotopic (exact) mass is 496 g/mol. The minimum Gasteiger partial charge on any atom is -0.493 e. The number of anilines is 1. The SMILES string of the molecule is CCC(NC(=O)CN(c1ccc(C)cc1)S(=O)(=O)c1ccc(C)cc1)c1ccc(OC)c(OC)c1. The molecule has 1 unspecified atom stereocenters. The highest BCUT2D eigenvalue weighted by Crippen LogP contribution is 2.31. The minimum absolute atomic E-state index is 0.128. The van der Waals surface area contributed by atoms with Gasteiger partial charge in [-0.1, -0.05) is 48.4 Å². The van der Waals surface area contributed by atoms with Crippen molar-refractivity contribution in [3.8, 4) is 11.5 Å². The lowest BCUT2D eigenvalue weighted by Gasteiger charge is -2.26. The average Bonchev–Trinajstić information content (AvgIpc) is 2.86. The molecule has 0 spiro atoms. The molecular weight excluding hydrogens is 464 g/mol. The number of methoxy groups -OCH3 is 2. The Kier molecular flexibility index (Phi) is 8.40. The van der Waals surface area contributed by atoms with Gasteiger partial charge in [0.25, 0.3) is 10.0 Å². The second-order valence-corrected chi connectivity index (χ2v) is 10.2. The van der Waals surface area contributed by atoms with Gasteiger partial charge in [-0.25, -0.2) is 8.42 Å². The van der Waals surface area contributed by atoms with Gasteiger partial charge in [0.1, 0.15) is 6.54 Å². The van der Waals surface area contributed by atoms with Crippen LogP contribution in [-0.4, -0.2) is 35.1 Å². The van der Waals surface area contributed by atoms with E-state index in [-0.39, 0.29) is 17.5 Å². The third-order valence-electron chi connectivity index (χ3n) is 5.77. The van der Waals surface area contributed by atoms with Crippen LogP contribution in [0.2, 0.25) is 0 Å². The van der Waals surface area contributed by atoms with Crippen LogP contribution in [0.4, 0.5) is 5.69 Å². The van der Waals surface area contributed by atoms with Gasteiger partial charge in [0.05, 0.1) is 30.8 Å². The van der Waals surface area contributed by atoms with Crippen LogP contribution in [0.1, 0.15) is 36.1 Å². The molecule has 0 aliphatic heterocycles. The molecule has 0 saturated carbocycles. The zero-order valence-electron chi connectivity index (χ0n) is 20.7. The summed E-state index contributed by atoms with van der Waals surface area (Å²) in [4.78, 5) is 13.3. The molecule has 1 atom stereocenters. The first-order chi connectivity index (χ1) is 16.7. The van der Waals surface area contributed by atoms with Crippen LogP contribution in [0.5, 0.6) is 11.5 Å². The van der Waals surface area contributed by atoms with E-state index in [4.69, 9.17) is 9.47 Å². The number of nitrogens with one attached hydrogen (secondary N) is 1. The van der Waals surface area contributed by atoms with Crippen molar-refractivity contribution in [1.29, 1.82) is 0 Å². The van der Waals surface area contributed by atoms with E-state index in [1.807, 2.05) is 45.0 Å². The summed E-state index contributed by atoms with van der Waals surface area (Å²) < 4.78 is 38.9. The molecule has 0 aromatic heterocycles. The summed E-state index contributed by atoms with van der Waals surface area (Å²) in [5.41, 5.74) is 3.20. The second-order valence-electron chi connectivity index (χ2n) is 8.30. The first-order valence-electron chi connectivity index (χ1n) is 11.4. The Morgan fingerprint density at radius 2 is 1.46 bits per heavy atom. The number of amides is 1. The molecule has 7 nitrogen and oxygen atoms in total. The second kappa shape index (κ2) is 11.3. The Hall–Kier alpha value is -3.52. The molecule has 8 heteroatoms. The van der Waals surface area contributed by atoms with E-state index in [0.29, 0.717) is 23.6 Å². The number of hydrogen-bond donors (Lipinski definition) is 1. The van der Waals surface area contributed by atoms with Crippen LogP contribution in [0.15, 0.2) is 71.6 Å². The quantitative estimate of drug-likeness (QED) is 0.437. The van der Waals surface area contributed by atoms with E-state index in [9.17, 15) is 13.2 Å². The molecule has 1 amide bonds. The van der Waals surface area contributed by atoms with Crippen LogP contribution in [0.3, 0.4) is 0 Å². The highest BCUT2D eigenvalue weighted by Gasteiger charge is 2.28. The summed E-state index contributed by atoms with van der Waals surface area (Å²) in [6.07, 6.45) is 0.608. The van der Waals surface area contributed by atoms with Crippen molar-refractivity contribution in [2.75, 3.05) is 25.1 Å². The summed E-state index contributed by atoms with van der Waals surface area (Å²) in [5, 5.41) is 2.97. The summed E-state index contributed by atoms with van der Waals surface area (Å²) in [5.74, 6) is 0.732. The summed E-state index contributed by atoms with van der Waals surface area (Å²) in [6, 6.07) is 18.8. The number of rotatable bonds is 10. The van der Waals surface area contributed by atoms with Crippen molar-refractivity contribution >= 4 is 21.6 Å². The molecule has 0 bridgehead atoms. The Labute approximate surface area is 207 Å². The van der Waals surface area contributed by atoms with Gasteiger partial charge in [-0.3, -0.25) is 9.10 Å². The number of benzene rings is 3. The Morgan fingerprint density at radius 3 is 2.00 bits per heavy atom. The molecule has 0 aliphatic rings. The average molecular weight is 497 g/mol. The molecule has 3 aromatic carbocycles. The third kappa shape index (κ3) is 6.14. The highest BCUT2D eigenvalue weighted by atomic mass is 32.2. The van der Waals surface area contributed by atoms with Crippen LogP contribution in [0.25, 0.3) is 0 Å². The standard InChI is InChI=1S/C27H32N2O5S/c1-6-24(21-11-16-25(33-4)26(17-21)34-5)28-27(30)18-29(22-12-7-19(2)8-13-22)35(31,32)23-14-9-20(3)10-15-23/h7-17,24H,6,18H2,1-5H3,(H,28,30). The largest absolute Gasteiger partial charge is 0.493 e. The minimum atomic E-state index is -3.97. The molecule has 0 radical (unpaired) electrons. The van der Waals surface area contributed by atoms with E-state index in [0.717, 1.165) is 21.0 Å². The third-order valence-corrected chi connectivity index (χ3v) is 7.56. The number of hydrogen-bond acceptors (Lipinski definition) is 5. The fraction of sp³-hybridized carbons (Fsp3) is 0.296. The van der Waals surface area contributed by atoms with Crippen molar-refractivity contribution in [3.63, 3.8) is 0 Å². The van der Waals surface area contributed by atoms with Gasteiger partial charge in [0, 0.05) is 0 Å². The first kappa shape index (κ1) is 26.1. The van der Waals surface area contributed by atoms with Gasteiger partial charge in [-0.05, 0) is 62.2 Å². The van der Waals surface area contributed by atoms with Crippen molar-refractivity contribution < 1.29 is 22.7 Å². The molecule has 1 N–H and O–H groups in total. The molecule has 35 heavy (non-hydrogen) atoms. The fourth-order valence-corrected chi connectivity index (χ4v) is 5.15. The predicted octanol–water partition coefficient (Wildman–Crippen LogP) is 4.78. The lowest BCUT2D eigenvalue weighted by Crippen LogP contribution is -2.42. The number of nitrogens with zero attached hydrogens (tertiary/aromatic N) is 1. The summed E-state index contributed by atoms with van der Waals surface area (Å²) >= 11 is 0. The topological polar surface area (TPSA) is 84.9 Å². The normalized spacial score (nSPS) is 12.0. The van der Waals surface area contributed by atoms with Gasteiger partial charge in [0.15, 0.2) is 11.5 Å². The van der Waals surface area contributed by atoms with E-state index in [1.54, 1.807) is 56.7 Å². The van der Waals surface area contributed by atoms with E-state index < -0.39 is 15.9 Å². The summed E-state index contributed by atoms with van der Waals surface area (Å²) in [6.45, 7) is 5.40. The zero-order valence-corrected chi connectivity index (χ0v) is 21.6. The summed E-state index contributed by atoms with van der Waals surface area (Å²) in [7, 11) is -0.857. The van der Waals surface area contributed by atoms with E-state index in [2.05, 4.69) is 5.32 Å². The van der Waals surface area contributed by atoms with Crippen LogP contribution < -0.4 is 19.1 Å². The number of aryl methyl sites for hydroxylation is 2. The maximum atomic E-state index is 13.6. The van der Waals surface area contributed by atoms with Crippen molar-refractivity contribution in [3.05, 3.63) is 83.4 Å². The Bertz CT molecular complexity index is 1260. The number of sulfonamides is 1. The van der Waals surface area contributed by atoms with Gasteiger partial charge in [0.2, 0.25) is 5.91 Å². The Balaban J connectivity index is 1.90. The van der Waals surface area contributed by atoms with E-state index >= 15 is 0 Å². The smallest absolute Gasteiger partial charge is 0.264 e. The highest BCUT2D eigenvalue weighted by molar-refractivity contribution is 7.92. The lowest BCUT2D eigenvalue weighted by atomic mass is 10.0. The molecule has 3 aromatic rings. The maximum Gasteiger partial charge on any atom is 0.264 e. The van der Waals surface area contributed by atoms with Gasteiger partial charge in [-0.15, -0.1) is 0 Å². The zero-order chi connectivity index (χ0) is 25.6. The predicted molar refractivity (Wildman–Crippen MR) is 138 cm³/mol. The molecule has 0 heterocycles. The van der Waals surface area contributed by atoms with Gasteiger partial charge in [-0.2, -0.15) is 0 Å². The molecule has 0 aliphatic carbocycles. The molecular formula is C27H32N2O5S. The van der Waals surface area contributed by atoms with Crippen LogP contribution >= 0.6 is 0 Å². The van der Waals surface area contributed by atoms with Gasteiger partial charge >= 0.3 is 0 Å². The number of ether oxygens (including phenoxy) is 2.